The third-order valence-corrected chi connectivity index (χ3v) is 2.47. The van der Waals surface area contributed by atoms with Crippen molar-refractivity contribution in [3.63, 3.8) is 0 Å². The highest BCUT2D eigenvalue weighted by molar-refractivity contribution is 5.87. The minimum absolute atomic E-state index is 0.0746. The van der Waals surface area contributed by atoms with E-state index in [2.05, 4.69) is 0 Å². The smallest absolute Gasteiger partial charge is 0.338 e. The van der Waals surface area contributed by atoms with Gasteiger partial charge in [-0.25, -0.2) is 9.18 Å². The molecule has 21 heavy (non-hydrogen) atoms. The van der Waals surface area contributed by atoms with E-state index in [0.29, 0.717) is 12.1 Å². The normalized spacial score (nSPS) is 10.4. The number of nitro groups is 1. The maximum Gasteiger partial charge on any atom is 0.338 e. The van der Waals surface area contributed by atoms with E-state index in [1.165, 1.54) is 0 Å². The third-order valence-electron chi connectivity index (χ3n) is 2.47. The molecule has 0 saturated heterocycles. The molecule has 0 radical (unpaired) electrons. The molecule has 0 aliphatic rings. The van der Waals surface area contributed by atoms with Crippen LogP contribution in [-0.2, 0) is 6.61 Å². The molecule has 1 aromatic carbocycles. The van der Waals surface area contributed by atoms with E-state index in [1.54, 1.807) is 0 Å². The number of hydrogen-bond donors (Lipinski definition) is 1. The van der Waals surface area contributed by atoms with E-state index >= 15 is 0 Å². The first-order valence-electron chi connectivity index (χ1n) is 5.45. The Hall–Kier alpha value is -2.97. The lowest BCUT2D eigenvalue weighted by Crippen LogP contribution is -2.00. The summed E-state index contributed by atoms with van der Waals surface area (Å²) in [4.78, 5) is 20.0. The van der Waals surface area contributed by atoms with Crippen LogP contribution in [0, 0.1) is 21.7 Å². The Labute approximate surface area is 115 Å². The molecule has 1 aromatic heterocycles. The van der Waals surface area contributed by atoms with Crippen LogP contribution in [0.15, 0.2) is 28.9 Å². The molecule has 110 valence electrons. The summed E-state index contributed by atoms with van der Waals surface area (Å²) in [5.74, 6) is -4.05. The molecule has 0 aliphatic carbocycles. The minimum Gasteiger partial charge on any atom is -0.482 e. The predicted octanol–water partition coefficient (Wildman–Crippen LogP) is 2.74. The summed E-state index contributed by atoms with van der Waals surface area (Å²) in [5, 5.41) is 19.1. The second-order valence-corrected chi connectivity index (χ2v) is 3.89. The molecule has 7 nitrogen and oxygen atoms in total. The first-order valence-corrected chi connectivity index (χ1v) is 5.45. The number of aromatic carboxylic acids is 1. The molecule has 0 bridgehead atoms. The number of carboxylic acid groups (broad SMARTS) is 1. The molecule has 1 N–H and O–H groups in total. The monoisotopic (exact) mass is 299 g/mol. The highest BCUT2D eigenvalue weighted by Crippen LogP contribution is 2.27. The fraction of sp³-hybridized carbons (Fsp3) is 0.0833. The van der Waals surface area contributed by atoms with E-state index in [-0.39, 0.29) is 17.9 Å². The van der Waals surface area contributed by atoms with Gasteiger partial charge in [0.2, 0.25) is 5.82 Å². The average molecular weight is 299 g/mol. The van der Waals surface area contributed by atoms with Gasteiger partial charge >= 0.3 is 11.7 Å². The number of nitrogens with zero attached hydrogens (tertiary/aromatic N) is 1. The van der Waals surface area contributed by atoms with Crippen LogP contribution < -0.4 is 4.74 Å². The Morgan fingerprint density at radius 1 is 1.33 bits per heavy atom. The number of nitro benzene ring substituents is 1. The van der Waals surface area contributed by atoms with Crippen molar-refractivity contribution >= 4 is 11.7 Å². The topological polar surface area (TPSA) is 103 Å². The van der Waals surface area contributed by atoms with Crippen LogP contribution in [-0.4, -0.2) is 16.0 Å². The maximum atomic E-state index is 13.5. The molecule has 0 unspecified atom stereocenters. The first-order chi connectivity index (χ1) is 9.88. The van der Waals surface area contributed by atoms with Gasteiger partial charge in [-0.15, -0.1) is 0 Å². The van der Waals surface area contributed by atoms with Gasteiger partial charge in [-0.05, 0) is 6.07 Å². The largest absolute Gasteiger partial charge is 0.482 e. The fourth-order valence-corrected chi connectivity index (χ4v) is 1.49. The van der Waals surface area contributed by atoms with Gasteiger partial charge in [-0.1, -0.05) is 0 Å². The predicted molar refractivity (Wildman–Crippen MR) is 63.0 cm³/mol. The lowest BCUT2D eigenvalue weighted by atomic mass is 10.2. The number of furan rings is 1. The zero-order valence-corrected chi connectivity index (χ0v) is 10.2. The van der Waals surface area contributed by atoms with Crippen molar-refractivity contribution in [2.75, 3.05) is 0 Å². The van der Waals surface area contributed by atoms with Crippen molar-refractivity contribution in [1.82, 2.24) is 0 Å². The van der Waals surface area contributed by atoms with Crippen LogP contribution >= 0.6 is 0 Å². The minimum atomic E-state index is -1.25. The quantitative estimate of drug-likeness (QED) is 0.672. The number of hydrogen-bond acceptors (Lipinski definition) is 5. The van der Waals surface area contributed by atoms with E-state index in [0.717, 1.165) is 12.3 Å². The van der Waals surface area contributed by atoms with Gasteiger partial charge < -0.3 is 14.3 Å². The number of carbonyl (C=O) groups is 1. The summed E-state index contributed by atoms with van der Waals surface area (Å²) in [6, 6.07) is 2.09. The first kappa shape index (κ1) is 14.4. The van der Waals surface area contributed by atoms with Crippen molar-refractivity contribution in [3.05, 3.63) is 57.5 Å². The Balaban J connectivity index is 2.14. The lowest BCUT2D eigenvalue weighted by molar-refractivity contribution is -0.387. The molecule has 2 aromatic rings. The van der Waals surface area contributed by atoms with Crippen LogP contribution in [0.25, 0.3) is 0 Å². The summed E-state index contributed by atoms with van der Waals surface area (Å²) in [5.41, 5.74) is -1.13. The van der Waals surface area contributed by atoms with E-state index in [1.807, 2.05) is 0 Å². The van der Waals surface area contributed by atoms with E-state index in [4.69, 9.17) is 14.3 Å². The van der Waals surface area contributed by atoms with Crippen LogP contribution in [0.4, 0.5) is 14.5 Å². The summed E-state index contributed by atoms with van der Waals surface area (Å²) >= 11 is 0. The van der Waals surface area contributed by atoms with Crippen LogP contribution in [0.2, 0.25) is 0 Å². The number of rotatable bonds is 5. The van der Waals surface area contributed by atoms with Crippen molar-refractivity contribution in [2.45, 2.75) is 6.61 Å². The number of benzene rings is 1. The molecule has 0 atom stereocenters. The van der Waals surface area contributed by atoms with Crippen molar-refractivity contribution < 1.29 is 32.8 Å². The number of halogens is 2. The maximum absolute atomic E-state index is 13.5. The Morgan fingerprint density at radius 2 is 2.05 bits per heavy atom. The molecule has 2 rings (SSSR count). The highest BCUT2D eigenvalue weighted by atomic mass is 19.1. The Kier molecular flexibility index (Phi) is 3.83. The molecule has 0 saturated carbocycles. The van der Waals surface area contributed by atoms with Gasteiger partial charge in [0.05, 0.1) is 16.6 Å². The zero-order valence-electron chi connectivity index (χ0n) is 10.2. The second kappa shape index (κ2) is 5.57. The van der Waals surface area contributed by atoms with Crippen molar-refractivity contribution in [1.29, 1.82) is 0 Å². The van der Waals surface area contributed by atoms with Crippen molar-refractivity contribution in [2.24, 2.45) is 0 Å². The zero-order chi connectivity index (χ0) is 15.6. The highest BCUT2D eigenvalue weighted by Gasteiger charge is 2.19. The molecule has 9 heteroatoms. The molecular weight excluding hydrogens is 292 g/mol. The fourth-order valence-electron chi connectivity index (χ4n) is 1.49. The van der Waals surface area contributed by atoms with Crippen LogP contribution in [0.5, 0.6) is 5.75 Å². The lowest BCUT2D eigenvalue weighted by Gasteiger charge is -2.05. The summed E-state index contributed by atoms with van der Waals surface area (Å²) in [6.45, 7) is -0.360. The molecule has 0 aliphatic heterocycles. The van der Waals surface area contributed by atoms with Gasteiger partial charge in [0.25, 0.3) is 0 Å². The molecule has 0 fully saturated rings. The van der Waals surface area contributed by atoms with Gasteiger partial charge in [-0.3, -0.25) is 10.1 Å². The molecule has 1 heterocycles. The number of carboxylic acids is 1. The second-order valence-electron chi connectivity index (χ2n) is 3.89. The van der Waals surface area contributed by atoms with E-state index < -0.39 is 34.0 Å². The summed E-state index contributed by atoms with van der Waals surface area (Å²) < 4.78 is 36.6. The Morgan fingerprint density at radius 3 is 2.62 bits per heavy atom. The van der Waals surface area contributed by atoms with Gasteiger partial charge in [-0.2, -0.15) is 4.39 Å². The standard InChI is InChI=1S/C12H7F2NO6/c13-8-3-11(9(14)2-10(8)15(18)19)21-5-7-1-6(4-20-7)12(16)17/h1-4H,5H2,(H,16,17). The average Bonchev–Trinajstić information content (AvgIpc) is 2.88. The summed E-state index contributed by atoms with van der Waals surface area (Å²) in [7, 11) is 0. The Bertz CT molecular complexity index is 712. The molecule has 0 amide bonds. The third kappa shape index (κ3) is 3.14. The summed E-state index contributed by atoms with van der Waals surface area (Å²) in [6.07, 6.45) is 0.966. The molecule has 0 spiro atoms. The van der Waals surface area contributed by atoms with Gasteiger partial charge in [0, 0.05) is 6.07 Å². The molecular formula is C12H7F2NO6. The van der Waals surface area contributed by atoms with Gasteiger partial charge in [0.15, 0.2) is 11.6 Å². The number of ether oxygens (including phenoxy) is 1. The van der Waals surface area contributed by atoms with Gasteiger partial charge in [0.1, 0.15) is 18.6 Å². The van der Waals surface area contributed by atoms with Crippen LogP contribution in [0.3, 0.4) is 0 Å². The van der Waals surface area contributed by atoms with E-state index in [9.17, 15) is 23.7 Å². The van der Waals surface area contributed by atoms with Crippen LogP contribution in [0.1, 0.15) is 16.1 Å². The van der Waals surface area contributed by atoms with Crippen molar-refractivity contribution in [3.8, 4) is 5.75 Å². The SMILES string of the molecule is O=C(O)c1coc(COc2cc(F)c([N+](=O)[O-])cc2F)c1.